The van der Waals surface area contributed by atoms with Gasteiger partial charge in [0.1, 0.15) is 24.0 Å². The van der Waals surface area contributed by atoms with Crippen LogP contribution in [0.5, 0.6) is 5.75 Å². The Hall–Kier alpha value is -4.42. The lowest BCUT2D eigenvalue weighted by atomic mass is 9.88. The second kappa shape index (κ2) is 13.4. The quantitative estimate of drug-likeness (QED) is 0.140. The van der Waals surface area contributed by atoms with Gasteiger partial charge in [0.25, 0.3) is 10.0 Å². The van der Waals surface area contributed by atoms with Gasteiger partial charge in [-0.1, -0.05) is 48.5 Å². The van der Waals surface area contributed by atoms with Crippen molar-refractivity contribution in [1.29, 1.82) is 0 Å². The summed E-state index contributed by atoms with van der Waals surface area (Å²) in [6, 6.07) is 14.8. The molecule has 0 saturated heterocycles. The number of carbonyl (C=O) groups is 2. The van der Waals surface area contributed by atoms with E-state index in [9.17, 15) is 18.0 Å². The van der Waals surface area contributed by atoms with Crippen LogP contribution in [0.1, 0.15) is 72.4 Å². The molecule has 5 N–H and O–H groups in total. The summed E-state index contributed by atoms with van der Waals surface area (Å²) in [5.74, 6) is -0.972. The number of aliphatic imine (C=N–C) groups is 1. The predicted molar refractivity (Wildman–Crippen MR) is 179 cm³/mol. The van der Waals surface area contributed by atoms with Crippen molar-refractivity contribution in [2.75, 3.05) is 13.2 Å². The molecule has 3 aromatic rings. The number of fused-ring (bicyclic) bond motifs is 4. The second-order valence-electron chi connectivity index (χ2n) is 12.7. The van der Waals surface area contributed by atoms with Crippen LogP contribution in [0.4, 0.5) is 4.79 Å². The minimum atomic E-state index is -4.25. The van der Waals surface area contributed by atoms with Crippen molar-refractivity contribution in [3.05, 3.63) is 81.9 Å². The molecule has 5 rings (SSSR count). The molecule has 1 amide bonds. The van der Waals surface area contributed by atoms with Gasteiger partial charge in [0, 0.05) is 12.5 Å². The van der Waals surface area contributed by atoms with Crippen LogP contribution >= 0.6 is 0 Å². The topological polar surface area (TPSA) is 169 Å². The van der Waals surface area contributed by atoms with Crippen LogP contribution < -0.4 is 20.5 Å². The van der Waals surface area contributed by atoms with Crippen LogP contribution in [0, 0.1) is 20.8 Å². The molecule has 1 aliphatic carbocycles. The molecule has 0 saturated carbocycles. The summed E-state index contributed by atoms with van der Waals surface area (Å²) in [6.07, 6.45) is 0.850. The van der Waals surface area contributed by atoms with E-state index in [-0.39, 0.29) is 48.4 Å². The maximum Gasteiger partial charge on any atom is 0.414 e. The average molecular weight is 663 g/mol. The van der Waals surface area contributed by atoms with Gasteiger partial charge in [0.2, 0.25) is 5.96 Å². The highest BCUT2D eigenvalue weighted by Crippen LogP contribution is 2.45. The average Bonchev–Trinajstić information content (AvgIpc) is 3.33. The summed E-state index contributed by atoms with van der Waals surface area (Å²) in [5.41, 5.74) is 12.1. The minimum Gasteiger partial charge on any atom is -0.487 e. The number of aliphatic carboxylic acids is 1. The van der Waals surface area contributed by atoms with E-state index in [0.717, 1.165) is 39.8 Å². The molecule has 1 atom stereocenters. The summed E-state index contributed by atoms with van der Waals surface area (Å²) >= 11 is 0. The second-order valence-corrected chi connectivity index (χ2v) is 14.4. The molecule has 3 aromatic carbocycles. The summed E-state index contributed by atoms with van der Waals surface area (Å²) in [7, 11) is -4.25. The zero-order valence-electron chi connectivity index (χ0n) is 27.3. The number of alkyl carbamates (subject to hydrolysis) is 1. The molecular formula is C35H42N4O7S. The summed E-state index contributed by atoms with van der Waals surface area (Å²) in [5, 5.41) is 11.6. The number of nitrogens with zero attached hydrogens (tertiary/aromatic N) is 1. The molecule has 2 aliphatic rings. The Morgan fingerprint density at radius 2 is 1.66 bits per heavy atom. The summed E-state index contributed by atoms with van der Waals surface area (Å²) < 4.78 is 42.3. The minimum absolute atomic E-state index is 0.00654. The molecule has 0 fully saturated rings. The largest absolute Gasteiger partial charge is 0.487 e. The van der Waals surface area contributed by atoms with Crippen LogP contribution in [0.25, 0.3) is 11.1 Å². The van der Waals surface area contributed by atoms with Gasteiger partial charge in [-0.2, -0.15) is 0 Å². The monoisotopic (exact) mass is 662 g/mol. The number of carbonyl (C=O) groups excluding carboxylic acids is 1. The molecule has 11 nitrogen and oxygen atoms in total. The van der Waals surface area contributed by atoms with Crippen LogP contribution in [0.15, 0.2) is 58.4 Å². The van der Waals surface area contributed by atoms with E-state index in [4.69, 9.17) is 20.3 Å². The number of carboxylic acid groups (broad SMARTS) is 1. The maximum atomic E-state index is 14.0. The fourth-order valence-electron chi connectivity index (χ4n) is 6.38. The molecule has 250 valence electrons. The lowest BCUT2D eigenvalue weighted by Gasteiger charge is -2.35. The summed E-state index contributed by atoms with van der Waals surface area (Å²) in [6.45, 7) is 9.36. The van der Waals surface area contributed by atoms with E-state index in [1.54, 1.807) is 13.8 Å². The van der Waals surface area contributed by atoms with Crippen molar-refractivity contribution in [1.82, 2.24) is 10.0 Å². The number of benzene rings is 3. The van der Waals surface area contributed by atoms with Crippen molar-refractivity contribution in [2.45, 2.75) is 82.8 Å². The predicted octanol–water partition coefficient (Wildman–Crippen LogP) is 5.08. The zero-order valence-corrected chi connectivity index (χ0v) is 28.2. The number of hydrogen-bond acceptors (Lipinski definition) is 8. The van der Waals surface area contributed by atoms with Crippen molar-refractivity contribution in [3.63, 3.8) is 0 Å². The SMILES string of the molecule is Cc1c(C)c(S(=O)(=O)NC(=NCCC[C@@H](N)C(=O)O)NC(=O)OCC2c3ccccc3-c3ccccc32)c(C)c2c1OC(C)(C)CC2. The van der Waals surface area contributed by atoms with Gasteiger partial charge in [-0.3, -0.25) is 15.1 Å². The molecule has 47 heavy (non-hydrogen) atoms. The first-order valence-electron chi connectivity index (χ1n) is 15.7. The van der Waals surface area contributed by atoms with E-state index in [0.29, 0.717) is 23.3 Å². The molecule has 0 aromatic heterocycles. The first-order chi connectivity index (χ1) is 22.2. The van der Waals surface area contributed by atoms with E-state index in [1.165, 1.54) is 0 Å². The number of carboxylic acids is 1. The van der Waals surface area contributed by atoms with Crippen molar-refractivity contribution in [2.24, 2.45) is 10.7 Å². The van der Waals surface area contributed by atoms with Gasteiger partial charge in [-0.15, -0.1) is 0 Å². The number of nitrogens with one attached hydrogen (secondary N) is 2. The zero-order chi connectivity index (χ0) is 34.1. The number of rotatable bonds is 9. The number of hydrogen-bond donors (Lipinski definition) is 4. The molecule has 0 radical (unpaired) electrons. The number of amides is 1. The Labute approximate surface area is 275 Å². The van der Waals surface area contributed by atoms with Gasteiger partial charge >= 0.3 is 12.1 Å². The molecule has 0 unspecified atom stereocenters. The molecule has 12 heteroatoms. The molecular weight excluding hydrogens is 620 g/mol. The van der Waals surface area contributed by atoms with Crippen molar-refractivity contribution in [3.8, 4) is 16.9 Å². The highest BCUT2D eigenvalue weighted by atomic mass is 32.2. The molecule has 0 bridgehead atoms. The highest BCUT2D eigenvalue weighted by Gasteiger charge is 2.34. The normalized spacial score (nSPS) is 15.9. The maximum absolute atomic E-state index is 14.0. The van der Waals surface area contributed by atoms with Gasteiger partial charge in [0.05, 0.1) is 4.90 Å². The Bertz CT molecular complexity index is 1810. The Morgan fingerprint density at radius 3 is 2.28 bits per heavy atom. The van der Waals surface area contributed by atoms with Crippen LogP contribution in [0.2, 0.25) is 0 Å². The van der Waals surface area contributed by atoms with Gasteiger partial charge < -0.3 is 20.3 Å². The first-order valence-corrected chi connectivity index (χ1v) is 17.2. The van der Waals surface area contributed by atoms with E-state index >= 15 is 0 Å². The highest BCUT2D eigenvalue weighted by molar-refractivity contribution is 7.90. The molecule has 0 spiro atoms. The van der Waals surface area contributed by atoms with Gasteiger partial charge in [-0.25, -0.2) is 17.9 Å². The third kappa shape index (κ3) is 7.13. The third-order valence-corrected chi connectivity index (χ3v) is 10.6. The number of ether oxygens (including phenoxy) is 2. The first kappa shape index (κ1) is 33.9. The van der Waals surface area contributed by atoms with E-state index in [1.807, 2.05) is 69.3 Å². The molecule has 1 aliphatic heterocycles. The Morgan fingerprint density at radius 1 is 1.04 bits per heavy atom. The Kier molecular flexibility index (Phi) is 9.65. The third-order valence-electron chi connectivity index (χ3n) is 8.99. The fourth-order valence-corrected chi connectivity index (χ4v) is 7.94. The molecule has 1 heterocycles. The van der Waals surface area contributed by atoms with E-state index < -0.39 is 28.1 Å². The van der Waals surface area contributed by atoms with Gasteiger partial charge in [-0.05, 0) is 105 Å². The van der Waals surface area contributed by atoms with Crippen molar-refractivity contribution >= 4 is 28.0 Å². The van der Waals surface area contributed by atoms with Gasteiger partial charge in [0.15, 0.2) is 0 Å². The Balaban J connectivity index is 1.37. The number of nitrogens with two attached hydrogens (primary N) is 1. The van der Waals surface area contributed by atoms with Crippen LogP contribution in [0.3, 0.4) is 0 Å². The number of sulfonamides is 1. The smallest absolute Gasteiger partial charge is 0.414 e. The van der Waals surface area contributed by atoms with Crippen LogP contribution in [-0.4, -0.2) is 56.3 Å². The summed E-state index contributed by atoms with van der Waals surface area (Å²) in [4.78, 5) is 28.7. The van der Waals surface area contributed by atoms with E-state index in [2.05, 4.69) is 15.0 Å². The number of guanidine groups is 1. The lowest BCUT2D eigenvalue weighted by Crippen LogP contribution is -2.45. The van der Waals surface area contributed by atoms with Crippen LogP contribution in [-0.2, 0) is 26.0 Å². The lowest BCUT2D eigenvalue weighted by molar-refractivity contribution is -0.138. The fraction of sp³-hybridized carbons (Fsp3) is 0.400. The standard InChI is InChI=1S/C35H42N4O7S/c1-20-21(2)31(22(3)23-16-17-35(4,5)46-30(20)23)47(43,44)39-33(37-18-10-15-29(36)32(40)41)38-34(42)45-19-28-26-13-8-6-11-24(26)25-12-7-9-14-27(25)28/h6-9,11-14,28-29H,10,15-19,36H2,1-5H3,(H,40,41)(H2,37,38,39,42)/t29-/m1/s1. The van der Waals surface area contributed by atoms with Crippen molar-refractivity contribution < 1.29 is 32.6 Å².